The van der Waals surface area contributed by atoms with E-state index < -0.39 is 5.82 Å². The fourth-order valence-corrected chi connectivity index (χ4v) is 2.98. The lowest BCUT2D eigenvalue weighted by Gasteiger charge is -2.17. The number of ketones is 1. The van der Waals surface area contributed by atoms with Gasteiger partial charge in [-0.3, -0.25) is 4.79 Å². The van der Waals surface area contributed by atoms with Crippen molar-refractivity contribution in [3.63, 3.8) is 0 Å². The Bertz CT molecular complexity index is 812. The zero-order valence-corrected chi connectivity index (χ0v) is 16.7. The second-order valence-electron chi connectivity index (χ2n) is 6.95. The molecule has 0 aromatic heterocycles. The number of hydrogen-bond acceptors (Lipinski definition) is 4. The van der Waals surface area contributed by atoms with Crippen molar-refractivity contribution in [2.75, 3.05) is 28.2 Å². The first-order valence-electron chi connectivity index (χ1n) is 8.49. The van der Waals surface area contributed by atoms with Crippen molar-refractivity contribution in [2.45, 2.75) is 13.1 Å². The van der Waals surface area contributed by atoms with Gasteiger partial charge in [-0.25, -0.2) is 4.39 Å². The zero-order valence-electron chi connectivity index (χ0n) is 16.0. The minimum atomic E-state index is -0.487. The molecule has 144 valence electrons. The van der Waals surface area contributed by atoms with Gasteiger partial charge in [0.15, 0.2) is 5.78 Å². The molecule has 0 bridgehead atoms. The third-order valence-electron chi connectivity index (χ3n) is 3.93. The van der Waals surface area contributed by atoms with E-state index in [-0.39, 0.29) is 22.1 Å². The third kappa shape index (κ3) is 5.63. The molecule has 0 radical (unpaired) electrons. The molecule has 2 rings (SSSR count). The number of aromatic hydroxyl groups is 1. The molecule has 0 atom stereocenters. The van der Waals surface area contributed by atoms with Crippen molar-refractivity contribution >= 4 is 23.5 Å². The molecule has 0 amide bonds. The molecule has 27 heavy (non-hydrogen) atoms. The molecule has 1 N–H and O–H groups in total. The summed E-state index contributed by atoms with van der Waals surface area (Å²) in [7, 11) is 7.55. The van der Waals surface area contributed by atoms with Crippen LogP contribution in [0.3, 0.4) is 0 Å². The van der Waals surface area contributed by atoms with Gasteiger partial charge in [0.25, 0.3) is 0 Å². The van der Waals surface area contributed by atoms with Crippen LogP contribution in [0.25, 0.3) is 6.08 Å². The Kier molecular flexibility index (Phi) is 7.13. The molecular formula is C21H24ClFN2O2. The van der Waals surface area contributed by atoms with Crippen LogP contribution in [0.15, 0.2) is 36.4 Å². The molecular weight excluding hydrogens is 367 g/mol. The number of phenolic OH excluding ortho intramolecular Hbond substituents is 1. The average molecular weight is 391 g/mol. The number of carbonyl (C=O) groups is 1. The summed E-state index contributed by atoms with van der Waals surface area (Å²) in [5.74, 6) is -0.580. The first-order valence-corrected chi connectivity index (χ1v) is 8.87. The highest BCUT2D eigenvalue weighted by molar-refractivity contribution is 6.32. The van der Waals surface area contributed by atoms with E-state index in [9.17, 15) is 14.3 Å². The summed E-state index contributed by atoms with van der Waals surface area (Å²) >= 11 is 6.00. The van der Waals surface area contributed by atoms with Crippen LogP contribution in [0.2, 0.25) is 5.02 Å². The number of benzene rings is 2. The van der Waals surface area contributed by atoms with E-state index in [1.807, 2.05) is 38.0 Å². The van der Waals surface area contributed by atoms with Gasteiger partial charge in [0.1, 0.15) is 11.6 Å². The van der Waals surface area contributed by atoms with Crippen LogP contribution in [0.5, 0.6) is 5.75 Å². The minimum Gasteiger partial charge on any atom is -0.507 e. The normalized spacial score (nSPS) is 11.7. The Hall–Kier alpha value is -2.21. The van der Waals surface area contributed by atoms with Crippen LogP contribution in [0, 0.1) is 5.82 Å². The Morgan fingerprint density at radius 2 is 1.67 bits per heavy atom. The predicted octanol–water partition coefficient (Wildman–Crippen LogP) is 4.20. The second-order valence-corrected chi connectivity index (χ2v) is 7.36. The summed E-state index contributed by atoms with van der Waals surface area (Å²) in [6.45, 7) is 0.993. The highest BCUT2D eigenvalue weighted by Gasteiger charge is 2.15. The van der Waals surface area contributed by atoms with Gasteiger partial charge in [-0.05, 0) is 64.6 Å². The van der Waals surface area contributed by atoms with Crippen LogP contribution in [-0.4, -0.2) is 48.9 Å². The molecule has 2 aromatic carbocycles. The van der Waals surface area contributed by atoms with E-state index in [1.165, 1.54) is 24.3 Å². The minimum absolute atomic E-state index is 0.174. The van der Waals surface area contributed by atoms with Crippen LogP contribution in [0.4, 0.5) is 4.39 Å². The SMILES string of the molecule is CN(C)Cc1cc(C(=O)/C=C/c2c(F)cccc2Cl)cc(CN(C)C)c1O. The number of hydrogen-bond donors (Lipinski definition) is 1. The van der Waals surface area contributed by atoms with Gasteiger partial charge in [-0.1, -0.05) is 17.7 Å². The number of allylic oxidation sites excluding steroid dienone is 1. The van der Waals surface area contributed by atoms with E-state index in [0.717, 1.165) is 0 Å². The molecule has 4 nitrogen and oxygen atoms in total. The quantitative estimate of drug-likeness (QED) is 0.568. The molecule has 0 saturated heterocycles. The lowest BCUT2D eigenvalue weighted by molar-refractivity contribution is 0.104. The highest BCUT2D eigenvalue weighted by atomic mass is 35.5. The summed E-state index contributed by atoms with van der Waals surface area (Å²) in [5, 5.41) is 10.8. The van der Waals surface area contributed by atoms with Gasteiger partial charge in [-0.2, -0.15) is 0 Å². The fourth-order valence-electron chi connectivity index (χ4n) is 2.75. The first-order chi connectivity index (χ1) is 12.7. The largest absolute Gasteiger partial charge is 0.507 e. The van der Waals surface area contributed by atoms with Crippen LogP contribution in [0.1, 0.15) is 27.0 Å². The van der Waals surface area contributed by atoms with Crippen LogP contribution in [-0.2, 0) is 13.1 Å². The highest BCUT2D eigenvalue weighted by Crippen LogP contribution is 2.27. The van der Waals surface area contributed by atoms with Gasteiger partial charge in [0.05, 0.1) is 5.02 Å². The van der Waals surface area contributed by atoms with E-state index in [1.54, 1.807) is 18.2 Å². The van der Waals surface area contributed by atoms with Crippen molar-refractivity contribution in [1.82, 2.24) is 9.80 Å². The molecule has 0 heterocycles. The number of phenols is 1. The molecule has 0 unspecified atom stereocenters. The van der Waals surface area contributed by atoms with Gasteiger partial charge < -0.3 is 14.9 Å². The maximum absolute atomic E-state index is 13.9. The standard InChI is InChI=1S/C21H24ClFN2O2/c1-24(2)12-15-10-14(11-16(21(15)27)13-25(3)4)20(26)9-8-17-18(22)6-5-7-19(17)23/h5-11,27H,12-13H2,1-4H3/b9-8+. The molecule has 0 fully saturated rings. The molecule has 0 aliphatic heterocycles. The van der Waals surface area contributed by atoms with Crippen molar-refractivity contribution in [3.05, 3.63) is 69.5 Å². The summed E-state index contributed by atoms with van der Waals surface area (Å²) in [4.78, 5) is 16.5. The fraction of sp³-hybridized carbons (Fsp3) is 0.286. The van der Waals surface area contributed by atoms with Crippen LogP contribution >= 0.6 is 11.6 Å². The van der Waals surface area contributed by atoms with Gasteiger partial charge in [0.2, 0.25) is 0 Å². The molecule has 0 aliphatic carbocycles. The summed E-state index contributed by atoms with van der Waals surface area (Å²) in [6.07, 6.45) is 2.68. The number of halogens is 2. The van der Waals surface area contributed by atoms with Gasteiger partial charge in [0, 0.05) is 35.3 Å². The topological polar surface area (TPSA) is 43.8 Å². The Morgan fingerprint density at radius 1 is 1.11 bits per heavy atom. The van der Waals surface area contributed by atoms with E-state index in [4.69, 9.17) is 11.6 Å². The Labute approximate surface area is 164 Å². The summed E-state index contributed by atoms with van der Waals surface area (Å²) in [5.41, 5.74) is 1.94. The zero-order chi connectivity index (χ0) is 20.1. The van der Waals surface area contributed by atoms with Crippen molar-refractivity contribution in [1.29, 1.82) is 0 Å². The lowest BCUT2D eigenvalue weighted by Crippen LogP contribution is -2.15. The number of rotatable bonds is 7. The van der Waals surface area contributed by atoms with Crippen molar-refractivity contribution in [3.8, 4) is 5.75 Å². The van der Waals surface area contributed by atoms with Gasteiger partial charge in [-0.15, -0.1) is 0 Å². The van der Waals surface area contributed by atoms with E-state index >= 15 is 0 Å². The second kappa shape index (κ2) is 9.13. The average Bonchev–Trinajstić information content (AvgIpc) is 2.56. The molecule has 0 spiro atoms. The predicted molar refractivity (Wildman–Crippen MR) is 108 cm³/mol. The molecule has 0 aliphatic rings. The maximum atomic E-state index is 13.9. The van der Waals surface area contributed by atoms with E-state index in [2.05, 4.69) is 0 Å². The van der Waals surface area contributed by atoms with E-state index in [0.29, 0.717) is 29.8 Å². The Balaban J connectivity index is 2.40. The monoisotopic (exact) mass is 390 g/mol. The maximum Gasteiger partial charge on any atom is 0.185 e. The molecule has 6 heteroatoms. The number of carbonyl (C=O) groups excluding carboxylic acids is 1. The van der Waals surface area contributed by atoms with Crippen LogP contribution < -0.4 is 0 Å². The summed E-state index contributed by atoms with van der Waals surface area (Å²) < 4.78 is 13.9. The smallest absolute Gasteiger partial charge is 0.185 e. The first kappa shape index (κ1) is 21.1. The summed E-state index contributed by atoms with van der Waals surface area (Å²) in [6, 6.07) is 7.72. The Morgan fingerprint density at radius 3 is 2.15 bits per heavy atom. The van der Waals surface area contributed by atoms with Crippen molar-refractivity contribution < 1.29 is 14.3 Å². The van der Waals surface area contributed by atoms with Crippen molar-refractivity contribution in [2.24, 2.45) is 0 Å². The molecule has 0 saturated carbocycles. The number of nitrogens with zero attached hydrogens (tertiary/aromatic N) is 2. The molecule has 2 aromatic rings. The van der Waals surface area contributed by atoms with Gasteiger partial charge >= 0.3 is 0 Å². The lowest BCUT2D eigenvalue weighted by atomic mass is 10.00. The third-order valence-corrected chi connectivity index (χ3v) is 4.26.